The van der Waals surface area contributed by atoms with Crippen molar-refractivity contribution in [1.82, 2.24) is 15.0 Å². The Morgan fingerprint density at radius 2 is 0.878 bits per heavy atom. The Hall–Kier alpha value is -6.65. The van der Waals surface area contributed by atoms with Crippen LogP contribution in [0.1, 0.15) is 0 Å². The Balaban J connectivity index is 1.23. The maximum Gasteiger partial charge on any atom is 0.164 e. The van der Waals surface area contributed by atoms with Crippen molar-refractivity contribution in [2.24, 2.45) is 0 Å². The third-order valence-electron chi connectivity index (χ3n) is 9.54. The van der Waals surface area contributed by atoms with Crippen LogP contribution < -0.4 is 0 Å². The smallest absolute Gasteiger partial charge is 0.164 e. The molecule has 0 spiro atoms. The van der Waals surface area contributed by atoms with E-state index < -0.39 is 0 Å². The van der Waals surface area contributed by atoms with Gasteiger partial charge in [0.05, 0.1) is 0 Å². The van der Waals surface area contributed by atoms with E-state index in [4.69, 9.17) is 19.4 Å². The van der Waals surface area contributed by atoms with Crippen LogP contribution in [0, 0.1) is 0 Å². The molecule has 0 saturated carbocycles. The Labute approximate surface area is 282 Å². The highest BCUT2D eigenvalue weighted by Crippen LogP contribution is 2.41. The molecule has 0 aliphatic carbocycles. The lowest BCUT2D eigenvalue weighted by Gasteiger charge is -2.12. The zero-order chi connectivity index (χ0) is 32.3. The fourth-order valence-corrected chi connectivity index (χ4v) is 7.26. The van der Waals surface area contributed by atoms with Crippen LogP contribution in [0.2, 0.25) is 0 Å². The van der Waals surface area contributed by atoms with Gasteiger partial charge in [0.25, 0.3) is 0 Å². The number of aromatic nitrogens is 3. The topological polar surface area (TPSA) is 51.8 Å². The molecule has 2 heterocycles. The Morgan fingerprint density at radius 3 is 1.71 bits per heavy atom. The van der Waals surface area contributed by atoms with E-state index >= 15 is 0 Å². The molecular formula is C45H27N3O. The van der Waals surface area contributed by atoms with E-state index in [1.165, 1.54) is 26.9 Å². The number of benzene rings is 8. The number of fused-ring (bicyclic) bond motifs is 8. The van der Waals surface area contributed by atoms with Gasteiger partial charge in [-0.05, 0) is 43.9 Å². The number of nitrogens with zero attached hydrogens (tertiary/aromatic N) is 3. The predicted molar refractivity (Wildman–Crippen MR) is 201 cm³/mol. The van der Waals surface area contributed by atoms with Crippen LogP contribution in [0.4, 0.5) is 0 Å². The molecule has 10 rings (SSSR count). The van der Waals surface area contributed by atoms with E-state index in [0.717, 1.165) is 55.1 Å². The predicted octanol–water partition coefficient (Wildman–Crippen LogP) is 11.9. The van der Waals surface area contributed by atoms with Gasteiger partial charge in [0, 0.05) is 33.0 Å². The van der Waals surface area contributed by atoms with E-state index in [1.54, 1.807) is 0 Å². The van der Waals surface area contributed by atoms with E-state index in [0.29, 0.717) is 17.5 Å². The van der Waals surface area contributed by atoms with Crippen molar-refractivity contribution >= 4 is 54.3 Å². The summed E-state index contributed by atoms with van der Waals surface area (Å²) in [4.78, 5) is 15.5. The van der Waals surface area contributed by atoms with E-state index in [1.807, 2.05) is 48.5 Å². The molecule has 10 aromatic rings. The van der Waals surface area contributed by atoms with Crippen LogP contribution in [0.25, 0.3) is 99.5 Å². The quantitative estimate of drug-likeness (QED) is 0.183. The Kier molecular flexibility index (Phi) is 6.15. The van der Waals surface area contributed by atoms with Gasteiger partial charge >= 0.3 is 0 Å². The van der Waals surface area contributed by atoms with Crippen LogP contribution in [-0.4, -0.2) is 15.0 Å². The Bertz CT molecular complexity index is 2880. The van der Waals surface area contributed by atoms with Crippen LogP contribution in [0.3, 0.4) is 0 Å². The van der Waals surface area contributed by atoms with Crippen molar-refractivity contribution in [2.75, 3.05) is 0 Å². The van der Waals surface area contributed by atoms with Crippen LogP contribution >= 0.6 is 0 Å². The van der Waals surface area contributed by atoms with Gasteiger partial charge in [-0.3, -0.25) is 0 Å². The number of furan rings is 1. The zero-order valence-corrected chi connectivity index (χ0v) is 26.3. The average molecular weight is 626 g/mol. The lowest BCUT2D eigenvalue weighted by Crippen LogP contribution is -2.01. The fourth-order valence-electron chi connectivity index (χ4n) is 7.26. The van der Waals surface area contributed by atoms with Gasteiger partial charge < -0.3 is 4.42 Å². The zero-order valence-electron chi connectivity index (χ0n) is 26.3. The molecule has 8 aromatic carbocycles. The van der Waals surface area contributed by atoms with Crippen molar-refractivity contribution in [3.63, 3.8) is 0 Å². The molecule has 0 saturated heterocycles. The standard InChI is InChI=1S/C45H27N3O/c1-3-12-28(13-4-1)32-18-9-21-38-41-39(22-11-23-40(41)49-42(32)38)45-47-43(30-15-5-2-6-16-30)46-44(48-45)37-20-10-19-33-35-25-24-29-14-7-8-17-31(29)34(35)26-27-36(33)37/h1-27H. The first-order valence-electron chi connectivity index (χ1n) is 16.5. The van der Waals surface area contributed by atoms with Crippen molar-refractivity contribution < 1.29 is 4.42 Å². The molecule has 4 nitrogen and oxygen atoms in total. The summed E-state index contributed by atoms with van der Waals surface area (Å²) in [6.45, 7) is 0. The molecule has 0 bridgehead atoms. The summed E-state index contributed by atoms with van der Waals surface area (Å²) >= 11 is 0. The summed E-state index contributed by atoms with van der Waals surface area (Å²) in [5, 5.41) is 9.20. The first-order valence-corrected chi connectivity index (χ1v) is 16.5. The van der Waals surface area contributed by atoms with Crippen LogP contribution in [-0.2, 0) is 0 Å². The normalized spacial score (nSPS) is 11.7. The molecule has 0 aliphatic heterocycles. The number of hydrogen-bond donors (Lipinski definition) is 0. The summed E-state index contributed by atoms with van der Waals surface area (Å²) in [6.07, 6.45) is 0. The van der Waals surface area contributed by atoms with E-state index in [-0.39, 0.29) is 0 Å². The first kappa shape index (κ1) is 27.5. The second-order valence-electron chi connectivity index (χ2n) is 12.3. The maximum absolute atomic E-state index is 6.59. The minimum Gasteiger partial charge on any atom is -0.455 e. The van der Waals surface area contributed by atoms with Gasteiger partial charge in [-0.25, -0.2) is 15.0 Å². The van der Waals surface area contributed by atoms with Gasteiger partial charge in [-0.1, -0.05) is 158 Å². The molecule has 4 heteroatoms. The third-order valence-corrected chi connectivity index (χ3v) is 9.54. The van der Waals surface area contributed by atoms with Crippen molar-refractivity contribution in [3.8, 4) is 45.3 Å². The van der Waals surface area contributed by atoms with Gasteiger partial charge in [-0.2, -0.15) is 0 Å². The van der Waals surface area contributed by atoms with Crippen LogP contribution in [0.5, 0.6) is 0 Å². The molecule has 0 atom stereocenters. The third kappa shape index (κ3) is 4.42. The summed E-state index contributed by atoms with van der Waals surface area (Å²) < 4.78 is 6.59. The number of para-hydroxylation sites is 1. The summed E-state index contributed by atoms with van der Waals surface area (Å²) in [5.41, 5.74) is 6.60. The van der Waals surface area contributed by atoms with Crippen molar-refractivity contribution in [1.29, 1.82) is 0 Å². The highest BCUT2D eigenvalue weighted by molar-refractivity contribution is 6.19. The monoisotopic (exact) mass is 625 g/mol. The lowest BCUT2D eigenvalue weighted by molar-refractivity contribution is 0.670. The van der Waals surface area contributed by atoms with Crippen LogP contribution in [0.15, 0.2) is 168 Å². The van der Waals surface area contributed by atoms with Gasteiger partial charge in [0.1, 0.15) is 11.2 Å². The summed E-state index contributed by atoms with van der Waals surface area (Å²) in [7, 11) is 0. The summed E-state index contributed by atoms with van der Waals surface area (Å²) in [5.74, 6) is 1.86. The van der Waals surface area contributed by atoms with Crippen molar-refractivity contribution in [3.05, 3.63) is 164 Å². The Morgan fingerprint density at radius 1 is 0.327 bits per heavy atom. The molecule has 0 fully saturated rings. The number of rotatable bonds is 4. The molecular weight excluding hydrogens is 599 g/mol. The minimum absolute atomic E-state index is 0.603. The highest BCUT2D eigenvalue weighted by atomic mass is 16.3. The molecule has 0 amide bonds. The van der Waals surface area contributed by atoms with E-state index in [2.05, 4.69) is 115 Å². The second kappa shape index (κ2) is 11.0. The van der Waals surface area contributed by atoms with Crippen molar-refractivity contribution in [2.45, 2.75) is 0 Å². The van der Waals surface area contributed by atoms with Gasteiger partial charge in [0.15, 0.2) is 17.5 Å². The SMILES string of the molecule is c1ccc(-c2nc(-c3cccc4c3ccc3c5ccccc5ccc43)nc(-c3cccc4oc5c(-c6ccccc6)cccc5c34)n2)cc1. The molecule has 2 aromatic heterocycles. The summed E-state index contributed by atoms with van der Waals surface area (Å²) in [6, 6.07) is 56.8. The first-order chi connectivity index (χ1) is 24.3. The molecule has 0 radical (unpaired) electrons. The molecule has 0 unspecified atom stereocenters. The van der Waals surface area contributed by atoms with Gasteiger partial charge in [-0.15, -0.1) is 0 Å². The maximum atomic E-state index is 6.59. The molecule has 228 valence electrons. The van der Waals surface area contributed by atoms with E-state index in [9.17, 15) is 0 Å². The molecule has 0 N–H and O–H groups in total. The second-order valence-corrected chi connectivity index (χ2v) is 12.3. The minimum atomic E-state index is 0.603. The molecule has 0 aliphatic rings. The lowest BCUT2D eigenvalue weighted by atomic mass is 9.95. The molecule has 49 heavy (non-hydrogen) atoms. The number of hydrogen-bond acceptors (Lipinski definition) is 4. The largest absolute Gasteiger partial charge is 0.455 e. The fraction of sp³-hybridized carbons (Fsp3) is 0. The van der Waals surface area contributed by atoms with Gasteiger partial charge in [0.2, 0.25) is 0 Å². The average Bonchev–Trinajstić information content (AvgIpc) is 3.57. The highest BCUT2D eigenvalue weighted by Gasteiger charge is 2.20.